The van der Waals surface area contributed by atoms with E-state index in [-0.39, 0.29) is 5.91 Å². The van der Waals surface area contributed by atoms with Crippen LogP contribution in [0.1, 0.15) is 16.1 Å². The van der Waals surface area contributed by atoms with Crippen LogP contribution in [0.2, 0.25) is 0 Å². The molecule has 0 bridgehead atoms. The minimum absolute atomic E-state index is 0.222. The van der Waals surface area contributed by atoms with Crippen LogP contribution in [-0.4, -0.2) is 19.0 Å². The van der Waals surface area contributed by atoms with Crippen molar-refractivity contribution in [1.82, 2.24) is 5.32 Å². The summed E-state index contributed by atoms with van der Waals surface area (Å²) in [6, 6.07) is 5.66. The monoisotopic (exact) mass is 296 g/mol. The number of aryl methyl sites for hydroxylation is 1. The number of hydrogen-bond donors (Lipinski definition) is 2. The lowest BCUT2D eigenvalue weighted by Crippen LogP contribution is -2.29. The van der Waals surface area contributed by atoms with Crippen molar-refractivity contribution in [2.24, 2.45) is 5.73 Å². The topological polar surface area (TPSA) is 68.3 Å². The molecule has 17 heavy (non-hydrogen) atoms. The number of carbonyl (C=O) groups is 1. The maximum atomic E-state index is 11.8. The maximum absolute atomic E-state index is 11.8. The third-order valence-electron chi connectivity index (χ3n) is 2.53. The smallest absolute Gasteiger partial charge is 0.287 e. The molecule has 0 atom stereocenters. The maximum Gasteiger partial charge on any atom is 0.287 e. The van der Waals surface area contributed by atoms with Crippen LogP contribution < -0.4 is 11.1 Å². The van der Waals surface area contributed by atoms with E-state index in [9.17, 15) is 4.79 Å². The zero-order chi connectivity index (χ0) is 12.4. The summed E-state index contributed by atoms with van der Waals surface area (Å²) in [6.07, 6.45) is 0. The van der Waals surface area contributed by atoms with Crippen LogP contribution in [0.5, 0.6) is 0 Å². The molecule has 0 spiro atoms. The normalized spacial score (nSPS) is 10.8. The van der Waals surface area contributed by atoms with Crippen LogP contribution in [0.15, 0.2) is 27.1 Å². The van der Waals surface area contributed by atoms with Crippen molar-refractivity contribution in [3.63, 3.8) is 0 Å². The Labute approximate surface area is 107 Å². The van der Waals surface area contributed by atoms with Crippen molar-refractivity contribution in [3.8, 4) is 0 Å². The molecule has 90 valence electrons. The number of hydrogen-bond acceptors (Lipinski definition) is 3. The number of amides is 1. The average Bonchev–Trinajstić information content (AvgIpc) is 2.64. The van der Waals surface area contributed by atoms with E-state index in [0.29, 0.717) is 24.4 Å². The Morgan fingerprint density at radius 2 is 2.29 bits per heavy atom. The Kier molecular flexibility index (Phi) is 3.49. The first-order chi connectivity index (χ1) is 8.13. The van der Waals surface area contributed by atoms with Crippen LogP contribution in [0, 0.1) is 6.92 Å². The van der Waals surface area contributed by atoms with Crippen LogP contribution >= 0.6 is 15.9 Å². The molecule has 2 rings (SSSR count). The fourth-order valence-corrected chi connectivity index (χ4v) is 2.04. The Morgan fingerprint density at radius 3 is 3.00 bits per heavy atom. The fraction of sp³-hybridized carbons (Fsp3) is 0.250. The second-order valence-electron chi connectivity index (χ2n) is 3.74. The Morgan fingerprint density at radius 1 is 1.53 bits per heavy atom. The SMILES string of the molecule is Cc1c(C(=O)NCCN)oc2ccc(Br)cc12. The van der Waals surface area contributed by atoms with E-state index in [4.69, 9.17) is 10.2 Å². The Balaban J connectivity index is 2.42. The molecule has 0 aliphatic carbocycles. The van der Waals surface area contributed by atoms with E-state index in [1.165, 1.54) is 0 Å². The van der Waals surface area contributed by atoms with Crippen LogP contribution in [-0.2, 0) is 0 Å². The second-order valence-corrected chi connectivity index (χ2v) is 4.66. The van der Waals surface area contributed by atoms with Gasteiger partial charge in [0.2, 0.25) is 0 Å². The number of rotatable bonds is 3. The summed E-state index contributed by atoms with van der Waals surface area (Å²) in [5, 5.41) is 3.64. The Bertz CT molecular complexity index is 563. The molecule has 5 heteroatoms. The third kappa shape index (κ3) is 2.35. The molecule has 1 aromatic carbocycles. The molecule has 1 amide bonds. The lowest BCUT2D eigenvalue weighted by Gasteiger charge is -2.00. The minimum Gasteiger partial charge on any atom is -0.451 e. The highest BCUT2D eigenvalue weighted by Gasteiger charge is 2.16. The minimum atomic E-state index is -0.222. The predicted octanol–water partition coefficient (Wildman–Crippen LogP) is 2.19. The predicted molar refractivity (Wildman–Crippen MR) is 70.0 cm³/mol. The largest absolute Gasteiger partial charge is 0.451 e. The number of benzene rings is 1. The van der Waals surface area contributed by atoms with E-state index < -0.39 is 0 Å². The highest BCUT2D eigenvalue weighted by atomic mass is 79.9. The van der Waals surface area contributed by atoms with E-state index in [1.807, 2.05) is 25.1 Å². The van der Waals surface area contributed by atoms with Gasteiger partial charge in [-0.1, -0.05) is 15.9 Å². The summed E-state index contributed by atoms with van der Waals surface area (Å²) in [7, 11) is 0. The van der Waals surface area contributed by atoms with Gasteiger partial charge in [-0.25, -0.2) is 0 Å². The van der Waals surface area contributed by atoms with E-state index >= 15 is 0 Å². The molecule has 0 fully saturated rings. The number of carbonyl (C=O) groups excluding carboxylic acids is 1. The summed E-state index contributed by atoms with van der Waals surface area (Å²) in [4.78, 5) is 11.8. The first-order valence-electron chi connectivity index (χ1n) is 5.30. The molecule has 1 heterocycles. The van der Waals surface area contributed by atoms with Gasteiger partial charge >= 0.3 is 0 Å². The summed E-state index contributed by atoms with van der Waals surface area (Å²) in [5.41, 5.74) is 6.89. The van der Waals surface area contributed by atoms with Gasteiger partial charge in [0.05, 0.1) is 0 Å². The van der Waals surface area contributed by atoms with E-state index in [1.54, 1.807) is 0 Å². The average molecular weight is 297 g/mol. The zero-order valence-electron chi connectivity index (χ0n) is 9.42. The number of halogens is 1. The van der Waals surface area contributed by atoms with Gasteiger partial charge in [0.1, 0.15) is 5.58 Å². The Hall–Kier alpha value is -1.33. The van der Waals surface area contributed by atoms with E-state index in [0.717, 1.165) is 15.4 Å². The van der Waals surface area contributed by atoms with Gasteiger partial charge in [-0.2, -0.15) is 0 Å². The molecule has 4 nitrogen and oxygen atoms in total. The molecule has 0 aliphatic rings. The van der Waals surface area contributed by atoms with Gasteiger partial charge in [0, 0.05) is 28.5 Å². The molecule has 0 saturated carbocycles. The lowest BCUT2D eigenvalue weighted by atomic mass is 10.1. The summed E-state index contributed by atoms with van der Waals surface area (Å²) in [5.74, 6) is 0.131. The lowest BCUT2D eigenvalue weighted by molar-refractivity contribution is 0.0928. The highest BCUT2D eigenvalue weighted by Crippen LogP contribution is 2.27. The van der Waals surface area contributed by atoms with Crippen LogP contribution in [0.4, 0.5) is 0 Å². The summed E-state index contributed by atoms with van der Waals surface area (Å²) in [6.45, 7) is 2.73. The molecule has 1 aromatic heterocycles. The van der Waals surface area contributed by atoms with Crippen molar-refractivity contribution < 1.29 is 9.21 Å². The van der Waals surface area contributed by atoms with Gasteiger partial charge < -0.3 is 15.5 Å². The molecule has 3 N–H and O–H groups in total. The third-order valence-corrected chi connectivity index (χ3v) is 3.03. The standard InChI is InChI=1S/C12H13BrN2O2/c1-7-9-6-8(13)2-3-10(9)17-11(7)12(16)15-5-4-14/h2-3,6H,4-5,14H2,1H3,(H,15,16). The number of nitrogens with two attached hydrogens (primary N) is 1. The van der Waals surface area contributed by atoms with Crippen molar-refractivity contribution in [3.05, 3.63) is 34.0 Å². The van der Waals surface area contributed by atoms with Crippen molar-refractivity contribution in [2.75, 3.05) is 13.1 Å². The van der Waals surface area contributed by atoms with Crippen molar-refractivity contribution >= 4 is 32.8 Å². The molecule has 0 aliphatic heterocycles. The first-order valence-corrected chi connectivity index (χ1v) is 6.09. The quantitative estimate of drug-likeness (QED) is 0.912. The zero-order valence-corrected chi connectivity index (χ0v) is 11.0. The van der Waals surface area contributed by atoms with Gasteiger partial charge in [0.25, 0.3) is 5.91 Å². The molecule has 0 saturated heterocycles. The summed E-state index contributed by atoms with van der Waals surface area (Å²) >= 11 is 3.40. The number of fused-ring (bicyclic) bond motifs is 1. The summed E-state index contributed by atoms with van der Waals surface area (Å²) < 4.78 is 6.50. The molecule has 2 aromatic rings. The van der Waals surface area contributed by atoms with Gasteiger partial charge in [-0.15, -0.1) is 0 Å². The number of nitrogens with one attached hydrogen (secondary N) is 1. The highest BCUT2D eigenvalue weighted by molar-refractivity contribution is 9.10. The van der Waals surface area contributed by atoms with Gasteiger partial charge in [-0.05, 0) is 25.1 Å². The molecule has 0 unspecified atom stereocenters. The molecular weight excluding hydrogens is 284 g/mol. The van der Waals surface area contributed by atoms with Crippen molar-refractivity contribution in [2.45, 2.75) is 6.92 Å². The fourth-order valence-electron chi connectivity index (χ4n) is 1.68. The van der Waals surface area contributed by atoms with Crippen LogP contribution in [0.25, 0.3) is 11.0 Å². The first kappa shape index (κ1) is 12.1. The van der Waals surface area contributed by atoms with Crippen molar-refractivity contribution in [1.29, 1.82) is 0 Å². The van der Waals surface area contributed by atoms with Crippen LogP contribution in [0.3, 0.4) is 0 Å². The van der Waals surface area contributed by atoms with E-state index in [2.05, 4.69) is 21.2 Å². The van der Waals surface area contributed by atoms with Gasteiger partial charge in [0.15, 0.2) is 5.76 Å². The molecule has 0 radical (unpaired) electrons. The number of furan rings is 1. The molecular formula is C12H13BrN2O2. The van der Waals surface area contributed by atoms with Gasteiger partial charge in [-0.3, -0.25) is 4.79 Å². The second kappa shape index (κ2) is 4.89.